The predicted molar refractivity (Wildman–Crippen MR) is 81.9 cm³/mol. The summed E-state index contributed by atoms with van der Waals surface area (Å²) in [7, 11) is 0. The standard InChI is InChI=1S/C16H20N4O3/c1-11-5-14(18-9-17-11)6-13-7-20(3-4-22-8-13)16(21)15-12(2)19-10-23-15/h5,9-10,13H,3-4,6-8H2,1-2H3/t13-/m1/s1. The van der Waals surface area contributed by atoms with Gasteiger partial charge in [-0.25, -0.2) is 15.0 Å². The van der Waals surface area contributed by atoms with Crippen LogP contribution in [0, 0.1) is 19.8 Å². The lowest BCUT2D eigenvalue weighted by atomic mass is 10.0. The summed E-state index contributed by atoms with van der Waals surface area (Å²) in [5.74, 6) is 0.372. The summed E-state index contributed by atoms with van der Waals surface area (Å²) in [5.41, 5.74) is 2.52. The Bertz CT molecular complexity index is 685. The minimum absolute atomic E-state index is 0.130. The Morgan fingerprint density at radius 1 is 1.35 bits per heavy atom. The van der Waals surface area contributed by atoms with Gasteiger partial charge < -0.3 is 14.1 Å². The van der Waals surface area contributed by atoms with Crippen LogP contribution in [-0.4, -0.2) is 52.1 Å². The first-order valence-corrected chi connectivity index (χ1v) is 7.68. The van der Waals surface area contributed by atoms with Gasteiger partial charge in [-0.15, -0.1) is 0 Å². The van der Waals surface area contributed by atoms with Crippen LogP contribution in [0.5, 0.6) is 0 Å². The number of hydrogen-bond donors (Lipinski definition) is 0. The van der Waals surface area contributed by atoms with Crippen LogP contribution in [0.4, 0.5) is 0 Å². The number of aromatic nitrogens is 3. The zero-order valence-corrected chi connectivity index (χ0v) is 13.4. The molecule has 122 valence electrons. The third kappa shape index (κ3) is 3.73. The molecule has 2 aromatic heterocycles. The highest BCUT2D eigenvalue weighted by atomic mass is 16.5. The quantitative estimate of drug-likeness (QED) is 0.851. The van der Waals surface area contributed by atoms with E-state index in [1.54, 1.807) is 18.2 Å². The van der Waals surface area contributed by atoms with E-state index in [4.69, 9.17) is 9.15 Å². The first kappa shape index (κ1) is 15.6. The van der Waals surface area contributed by atoms with E-state index in [1.165, 1.54) is 6.39 Å². The van der Waals surface area contributed by atoms with Crippen molar-refractivity contribution in [2.24, 2.45) is 5.92 Å². The van der Waals surface area contributed by atoms with Gasteiger partial charge in [0.05, 0.1) is 18.9 Å². The maximum Gasteiger partial charge on any atom is 0.291 e. The first-order valence-electron chi connectivity index (χ1n) is 7.68. The molecule has 0 spiro atoms. The van der Waals surface area contributed by atoms with Crippen LogP contribution in [0.15, 0.2) is 23.2 Å². The van der Waals surface area contributed by atoms with E-state index in [0.29, 0.717) is 37.8 Å². The normalized spacial score (nSPS) is 18.7. The van der Waals surface area contributed by atoms with Gasteiger partial charge in [0.15, 0.2) is 6.39 Å². The Kier molecular flexibility index (Phi) is 4.66. The molecule has 7 nitrogen and oxygen atoms in total. The largest absolute Gasteiger partial charge is 0.438 e. The number of carbonyl (C=O) groups is 1. The molecule has 0 bridgehead atoms. The molecule has 0 N–H and O–H groups in total. The third-order valence-electron chi connectivity index (χ3n) is 3.92. The molecule has 1 atom stereocenters. The fourth-order valence-electron chi connectivity index (χ4n) is 2.76. The van der Waals surface area contributed by atoms with Crippen molar-refractivity contribution in [2.45, 2.75) is 20.3 Å². The number of oxazole rings is 1. The van der Waals surface area contributed by atoms with Crippen molar-refractivity contribution in [3.8, 4) is 0 Å². The number of carbonyl (C=O) groups excluding carboxylic acids is 1. The van der Waals surface area contributed by atoms with E-state index < -0.39 is 0 Å². The molecule has 1 amide bonds. The molecular formula is C16H20N4O3. The highest BCUT2D eigenvalue weighted by molar-refractivity contribution is 5.92. The second kappa shape index (κ2) is 6.87. The first-order chi connectivity index (χ1) is 11.1. The highest BCUT2D eigenvalue weighted by Crippen LogP contribution is 2.16. The zero-order chi connectivity index (χ0) is 16.2. The van der Waals surface area contributed by atoms with Crippen LogP contribution in [-0.2, 0) is 11.2 Å². The summed E-state index contributed by atoms with van der Waals surface area (Å²) >= 11 is 0. The Morgan fingerprint density at radius 3 is 2.96 bits per heavy atom. The van der Waals surface area contributed by atoms with Gasteiger partial charge in [-0.2, -0.15) is 0 Å². The molecule has 0 aromatic carbocycles. The maximum absolute atomic E-state index is 12.6. The van der Waals surface area contributed by atoms with E-state index in [-0.39, 0.29) is 11.8 Å². The van der Waals surface area contributed by atoms with Crippen molar-refractivity contribution in [1.29, 1.82) is 0 Å². The van der Waals surface area contributed by atoms with Crippen molar-refractivity contribution in [1.82, 2.24) is 19.9 Å². The van der Waals surface area contributed by atoms with Crippen molar-refractivity contribution in [3.05, 3.63) is 41.6 Å². The van der Waals surface area contributed by atoms with Crippen LogP contribution in [0.25, 0.3) is 0 Å². The van der Waals surface area contributed by atoms with E-state index in [0.717, 1.165) is 17.8 Å². The molecule has 0 unspecified atom stereocenters. The lowest BCUT2D eigenvalue weighted by Crippen LogP contribution is -2.36. The molecule has 0 aliphatic carbocycles. The number of aryl methyl sites for hydroxylation is 2. The van der Waals surface area contributed by atoms with E-state index in [1.807, 2.05) is 13.0 Å². The monoisotopic (exact) mass is 316 g/mol. The highest BCUT2D eigenvalue weighted by Gasteiger charge is 2.26. The molecule has 7 heteroatoms. The molecule has 2 aromatic rings. The lowest BCUT2D eigenvalue weighted by molar-refractivity contribution is 0.0704. The average Bonchev–Trinajstić information content (AvgIpc) is 2.81. The molecular weight excluding hydrogens is 296 g/mol. The van der Waals surface area contributed by atoms with Crippen molar-refractivity contribution < 1.29 is 13.9 Å². The number of nitrogens with zero attached hydrogens (tertiary/aromatic N) is 4. The van der Waals surface area contributed by atoms with Gasteiger partial charge in [-0.1, -0.05) is 0 Å². The summed E-state index contributed by atoms with van der Waals surface area (Å²) in [6, 6.07) is 1.97. The summed E-state index contributed by atoms with van der Waals surface area (Å²) in [4.78, 5) is 26.8. The summed E-state index contributed by atoms with van der Waals surface area (Å²) in [6.45, 7) is 6.02. The summed E-state index contributed by atoms with van der Waals surface area (Å²) < 4.78 is 10.9. The smallest absolute Gasteiger partial charge is 0.291 e. The molecule has 0 saturated carbocycles. The molecule has 1 aliphatic heterocycles. The number of hydrogen-bond acceptors (Lipinski definition) is 6. The average molecular weight is 316 g/mol. The fourth-order valence-corrected chi connectivity index (χ4v) is 2.76. The number of ether oxygens (including phenoxy) is 1. The van der Waals surface area contributed by atoms with E-state index in [9.17, 15) is 4.79 Å². The molecule has 1 saturated heterocycles. The lowest BCUT2D eigenvalue weighted by Gasteiger charge is -2.22. The van der Waals surface area contributed by atoms with Crippen LogP contribution in [0.2, 0.25) is 0 Å². The Hall–Kier alpha value is -2.28. The van der Waals surface area contributed by atoms with Gasteiger partial charge in [0, 0.05) is 30.4 Å². The van der Waals surface area contributed by atoms with E-state index >= 15 is 0 Å². The number of rotatable bonds is 3. The third-order valence-corrected chi connectivity index (χ3v) is 3.92. The fraction of sp³-hybridized carbons (Fsp3) is 0.500. The minimum atomic E-state index is -0.130. The van der Waals surface area contributed by atoms with Gasteiger partial charge in [-0.05, 0) is 26.3 Å². The van der Waals surface area contributed by atoms with Crippen LogP contribution in [0.3, 0.4) is 0 Å². The van der Waals surface area contributed by atoms with Gasteiger partial charge in [-0.3, -0.25) is 4.79 Å². The minimum Gasteiger partial charge on any atom is -0.438 e. The Labute approximate surface area is 134 Å². The van der Waals surface area contributed by atoms with Gasteiger partial charge >= 0.3 is 0 Å². The van der Waals surface area contributed by atoms with Crippen molar-refractivity contribution in [3.63, 3.8) is 0 Å². The van der Waals surface area contributed by atoms with Crippen LogP contribution >= 0.6 is 0 Å². The molecule has 3 rings (SSSR count). The van der Waals surface area contributed by atoms with Gasteiger partial charge in [0.1, 0.15) is 6.33 Å². The van der Waals surface area contributed by atoms with Crippen molar-refractivity contribution in [2.75, 3.05) is 26.3 Å². The SMILES string of the molecule is Cc1cc(C[C@H]2COCCN(C(=O)c3ocnc3C)C2)ncn1. The topological polar surface area (TPSA) is 81.4 Å². The summed E-state index contributed by atoms with van der Waals surface area (Å²) in [6.07, 6.45) is 3.63. The van der Waals surface area contributed by atoms with Gasteiger partial charge in [0.25, 0.3) is 5.91 Å². The van der Waals surface area contributed by atoms with Crippen LogP contribution < -0.4 is 0 Å². The van der Waals surface area contributed by atoms with E-state index in [2.05, 4.69) is 15.0 Å². The Balaban J connectivity index is 1.71. The maximum atomic E-state index is 12.6. The molecule has 0 radical (unpaired) electrons. The second-order valence-corrected chi connectivity index (χ2v) is 5.81. The van der Waals surface area contributed by atoms with Crippen LogP contribution in [0.1, 0.15) is 27.6 Å². The number of amides is 1. The Morgan fingerprint density at radius 2 is 2.22 bits per heavy atom. The summed E-state index contributed by atoms with van der Waals surface area (Å²) in [5, 5.41) is 0. The predicted octanol–water partition coefficient (Wildman–Crippen LogP) is 1.41. The van der Waals surface area contributed by atoms with Crippen molar-refractivity contribution >= 4 is 5.91 Å². The molecule has 1 aliphatic rings. The second-order valence-electron chi connectivity index (χ2n) is 5.81. The zero-order valence-electron chi connectivity index (χ0n) is 13.4. The molecule has 1 fully saturated rings. The molecule has 23 heavy (non-hydrogen) atoms. The van der Waals surface area contributed by atoms with Gasteiger partial charge in [0.2, 0.25) is 5.76 Å². The molecule has 3 heterocycles.